The molecule has 0 unspecified atom stereocenters. The summed E-state index contributed by atoms with van der Waals surface area (Å²) >= 11 is 3.32. The fraction of sp³-hybridized carbons (Fsp3) is 0.0370. The highest BCUT2D eigenvalue weighted by molar-refractivity contribution is 9.10. The van der Waals surface area contributed by atoms with Gasteiger partial charge in [0.2, 0.25) is 0 Å². The fourth-order valence-corrected chi connectivity index (χ4v) is 3.54. The molecule has 4 rings (SSSR count). The molecule has 174 valence electrons. The summed E-state index contributed by atoms with van der Waals surface area (Å²) in [4.78, 5) is 36.7. The minimum Gasteiger partial charge on any atom is -0.423 e. The Balaban J connectivity index is 1.25. The number of hydrogen-bond donors (Lipinski definition) is 2. The fourth-order valence-electron chi connectivity index (χ4n) is 3.27. The molecule has 0 aliphatic rings. The van der Waals surface area contributed by atoms with Crippen LogP contribution in [-0.4, -0.2) is 30.5 Å². The smallest absolute Gasteiger partial charge is 0.343 e. The highest BCUT2D eigenvalue weighted by Crippen LogP contribution is 2.18. The molecule has 0 saturated heterocycles. The summed E-state index contributed by atoms with van der Waals surface area (Å²) in [6.45, 7) is -0.218. The normalized spacial score (nSPS) is 10.8. The van der Waals surface area contributed by atoms with E-state index in [0.717, 1.165) is 15.2 Å². The SMILES string of the molecule is O=C(CNC(=O)c1cccc2ccccc12)N/N=C/c1ccc(OC(=O)c2ccc(Br)cc2)cc1. The monoisotopic (exact) mass is 529 g/mol. The van der Waals surface area contributed by atoms with Gasteiger partial charge in [0.1, 0.15) is 5.75 Å². The summed E-state index contributed by atoms with van der Waals surface area (Å²) in [5.74, 6) is -0.879. The number of hydrogen-bond acceptors (Lipinski definition) is 5. The zero-order chi connectivity index (χ0) is 24.6. The Kier molecular flexibility index (Phi) is 7.64. The zero-order valence-corrected chi connectivity index (χ0v) is 20.0. The summed E-state index contributed by atoms with van der Waals surface area (Å²) < 4.78 is 6.22. The molecule has 0 radical (unpaired) electrons. The first-order chi connectivity index (χ1) is 17.0. The number of halogens is 1. The third kappa shape index (κ3) is 6.39. The topological polar surface area (TPSA) is 96.9 Å². The maximum absolute atomic E-state index is 12.5. The summed E-state index contributed by atoms with van der Waals surface area (Å²) in [7, 11) is 0. The molecule has 2 N–H and O–H groups in total. The van der Waals surface area contributed by atoms with Gasteiger partial charge in [-0.1, -0.05) is 52.3 Å². The van der Waals surface area contributed by atoms with Gasteiger partial charge in [-0.15, -0.1) is 0 Å². The number of carbonyl (C=O) groups excluding carboxylic acids is 3. The Morgan fingerprint density at radius 2 is 1.57 bits per heavy atom. The Morgan fingerprint density at radius 3 is 2.34 bits per heavy atom. The highest BCUT2D eigenvalue weighted by atomic mass is 79.9. The van der Waals surface area contributed by atoms with Crippen LogP contribution in [0.15, 0.2) is 101 Å². The third-order valence-corrected chi connectivity index (χ3v) is 5.55. The van der Waals surface area contributed by atoms with Gasteiger partial charge in [-0.2, -0.15) is 5.10 Å². The summed E-state index contributed by atoms with van der Waals surface area (Å²) in [5, 5.41) is 8.27. The van der Waals surface area contributed by atoms with Crippen molar-refractivity contribution >= 4 is 50.7 Å². The van der Waals surface area contributed by atoms with Crippen molar-refractivity contribution in [3.05, 3.63) is 112 Å². The van der Waals surface area contributed by atoms with Gasteiger partial charge in [-0.05, 0) is 70.9 Å². The number of hydrazone groups is 1. The van der Waals surface area contributed by atoms with Crippen molar-refractivity contribution in [2.24, 2.45) is 5.10 Å². The maximum atomic E-state index is 12.5. The van der Waals surface area contributed by atoms with Crippen molar-refractivity contribution in [2.75, 3.05) is 6.54 Å². The van der Waals surface area contributed by atoms with E-state index in [2.05, 4.69) is 31.8 Å². The molecule has 4 aromatic rings. The Morgan fingerprint density at radius 1 is 0.857 bits per heavy atom. The Bertz CT molecular complexity index is 1400. The van der Waals surface area contributed by atoms with E-state index >= 15 is 0 Å². The van der Waals surface area contributed by atoms with Crippen molar-refractivity contribution in [2.45, 2.75) is 0 Å². The van der Waals surface area contributed by atoms with Crippen LogP contribution in [0.25, 0.3) is 10.8 Å². The predicted octanol–water partition coefficient (Wildman–Crippen LogP) is 4.70. The van der Waals surface area contributed by atoms with Crippen LogP contribution in [-0.2, 0) is 4.79 Å². The second-order valence-corrected chi connectivity index (χ2v) is 8.38. The summed E-state index contributed by atoms with van der Waals surface area (Å²) in [6, 6.07) is 26.5. The van der Waals surface area contributed by atoms with Crippen LogP contribution in [0.5, 0.6) is 5.75 Å². The first kappa shape index (κ1) is 23.8. The molecular weight excluding hydrogens is 510 g/mol. The van der Waals surface area contributed by atoms with E-state index in [0.29, 0.717) is 22.4 Å². The van der Waals surface area contributed by atoms with Crippen LogP contribution in [0.4, 0.5) is 0 Å². The summed E-state index contributed by atoms with van der Waals surface area (Å²) in [6.07, 6.45) is 1.45. The molecule has 0 heterocycles. The molecule has 0 spiro atoms. The van der Waals surface area contributed by atoms with E-state index in [4.69, 9.17) is 4.74 Å². The van der Waals surface area contributed by atoms with Crippen LogP contribution in [0.3, 0.4) is 0 Å². The van der Waals surface area contributed by atoms with Crippen LogP contribution >= 0.6 is 15.9 Å². The van der Waals surface area contributed by atoms with Gasteiger partial charge in [0.05, 0.1) is 18.3 Å². The number of carbonyl (C=O) groups is 3. The van der Waals surface area contributed by atoms with Crippen LogP contribution in [0.2, 0.25) is 0 Å². The molecule has 0 aliphatic heterocycles. The van der Waals surface area contributed by atoms with Crippen LogP contribution in [0, 0.1) is 0 Å². The molecule has 0 atom stereocenters. The molecule has 0 aliphatic carbocycles. The van der Waals surface area contributed by atoms with Gasteiger partial charge in [0.15, 0.2) is 0 Å². The first-order valence-corrected chi connectivity index (χ1v) is 11.4. The number of fused-ring (bicyclic) bond motifs is 1. The lowest BCUT2D eigenvalue weighted by Gasteiger charge is -2.07. The van der Waals surface area contributed by atoms with E-state index in [1.54, 1.807) is 60.7 Å². The molecule has 0 fully saturated rings. The molecular formula is C27H20BrN3O4. The number of benzene rings is 4. The lowest BCUT2D eigenvalue weighted by molar-refractivity contribution is -0.120. The number of nitrogens with zero attached hydrogens (tertiary/aromatic N) is 1. The second-order valence-electron chi connectivity index (χ2n) is 7.47. The van der Waals surface area contributed by atoms with Gasteiger partial charge in [-0.25, -0.2) is 10.2 Å². The minimum atomic E-state index is -0.463. The van der Waals surface area contributed by atoms with Gasteiger partial charge < -0.3 is 10.1 Å². The maximum Gasteiger partial charge on any atom is 0.343 e. The standard InChI is InChI=1S/C27H20BrN3O4/c28-21-12-10-20(11-13-21)27(34)35-22-14-8-18(9-15-22)16-30-31-25(32)17-29-26(33)24-7-3-5-19-4-1-2-6-23(19)24/h1-16H,17H2,(H,29,33)(H,31,32)/b30-16+. The molecule has 0 bridgehead atoms. The molecule has 2 amide bonds. The van der Waals surface area contributed by atoms with Crippen LogP contribution < -0.4 is 15.5 Å². The Hall–Kier alpha value is -4.30. The molecule has 8 heteroatoms. The largest absolute Gasteiger partial charge is 0.423 e. The molecule has 7 nitrogen and oxygen atoms in total. The average Bonchev–Trinajstić information content (AvgIpc) is 2.88. The Labute approximate surface area is 209 Å². The number of amides is 2. The number of ether oxygens (including phenoxy) is 1. The molecule has 4 aromatic carbocycles. The van der Waals surface area contributed by atoms with Crippen molar-refractivity contribution in [1.29, 1.82) is 0 Å². The number of esters is 1. The zero-order valence-electron chi connectivity index (χ0n) is 18.4. The quantitative estimate of drug-likeness (QED) is 0.157. The van der Waals surface area contributed by atoms with Crippen molar-refractivity contribution in [1.82, 2.24) is 10.7 Å². The van der Waals surface area contributed by atoms with Gasteiger partial charge in [0.25, 0.3) is 11.8 Å². The van der Waals surface area contributed by atoms with E-state index in [-0.39, 0.29) is 12.5 Å². The second kappa shape index (κ2) is 11.2. The van der Waals surface area contributed by atoms with E-state index in [1.165, 1.54) is 6.21 Å². The van der Waals surface area contributed by atoms with Gasteiger partial charge >= 0.3 is 5.97 Å². The molecule has 0 saturated carbocycles. The molecule has 35 heavy (non-hydrogen) atoms. The van der Waals surface area contributed by atoms with Crippen molar-refractivity contribution < 1.29 is 19.1 Å². The molecule has 0 aromatic heterocycles. The predicted molar refractivity (Wildman–Crippen MR) is 138 cm³/mol. The average molecular weight is 530 g/mol. The third-order valence-electron chi connectivity index (χ3n) is 5.02. The number of rotatable bonds is 7. The van der Waals surface area contributed by atoms with E-state index in [1.807, 2.05) is 30.3 Å². The number of nitrogens with one attached hydrogen (secondary N) is 2. The lowest BCUT2D eigenvalue weighted by atomic mass is 10.0. The van der Waals surface area contributed by atoms with E-state index in [9.17, 15) is 14.4 Å². The van der Waals surface area contributed by atoms with Crippen molar-refractivity contribution in [3.63, 3.8) is 0 Å². The first-order valence-electron chi connectivity index (χ1n) is 10.7. The van der Waals surface area contributed by atoms with Gasteiger partial charge in [-0.3, -0.25) is 9.59 Å². The van der Waals surface area contributed by atoms with Gasteiger partial charge in [0, 0.05) is 10.0 Å². The van der Waals surface area contributed by atoms with Crippen molar-refractivity contribution in [3.8, 4) is 5.75 Å². The van der Waals surface area contributed by atoms with E-state index < -0.39 is 11.9 Å². The highest BCUT2D eigenvalue weighted by Gasteiger charge is 2.11. The lowest BCUT2D eigenvalue weighted by Crippen LogP contribution is -2.35. The summed E-state index contributed by atoms with van der Waals surface area (Å²) in [5.41, 5.74) is 4.00. The minimum absolute atomic E-state index is 0.218. The van der Waals surface area contributed by atoms with Crippen LogP contribution in [0.1, 0.15) is 26.3 Å².